The van der Waals surface area contributed by atoms with Gasteiger partial charge in [0.05, 0.1) is 17.8 Å². The molecule has 0 unspecified atom stereocenters. The summed E-state index contributed by atoms with van der Waals surface area (Å²) in [6.45, 7) is 0.567. The van der Waals surface area contributed by atoms with Crippen LogP contribution < -0.4 is 5.32 Å². The lowest BCUT2D eigenvalue weighted by atomic mass is 10.0. The third-order valence-electron chi connectivity index (χ3n) is 4.15. The molecule has 0 saturated carbocycles. The standard InChI is InChI=1S/C20H16N4O2/c25-20(26)14-6-4-13(5-7-14)17-11-18(24-19-16(17)8-10-22-19)23-12-15-3-1-2-9-21-15/h1-11H,12H2,(H,25,26)(H2,22,23,24). The Balaban J connectivity index is 1.69. The third kappa shape index (κ3) is 3.12. The number of anilines is 1. The van der Waals surface area contributed by atoms with Crippen molar-refractivity contribution >= 4 is 22.8 Å². The Morgan fingerprint density at radius 1 is 1.12 bits per heavy atom. The highest BCUT2D eigenvalue weighted by Gasteiger charge is 2.10. The monoisotopic (exact) mass is 344 g/mol. The van der Waals surface area contributed by atoms with Crippen molar-refractivity contribution in [3.8, 4) is 11.1 Å². The van der Waals surface area contributed by atoms with Crippen LogP contribution in [-0.4, -0.2) is 26.0 Å². The van der Waals surface area contributed by atoms with Gasteiger partial charge < -0.3 is 15.4 Å². The van der Waals surface area contributed by atoms with Gasteiger partial charge >= 0.3 is 5.97 Å². The number of benzene rings is 1. The first-order valence-electron chi connectivity index (χ1n) is 8.16. The molecule has 0 atom stereocenters. The summed E-state index contributed by atoms with van der Waals surface area (Å²) in [7, 11) is 0. The first kappa shape index (κ1) is 15.8. The molecule has 3 N–H and O–H groups in total. The van der Waals surface area contributed by atoms with Crippen LogP contribution in [0.3, 0.4) is 0 Å². The Bertz CT molecular complexity index is 1060. The second-order valence-electron chi connectivity index (χ2n) is 5.85. The summed E-state index contributed by atoms with van der Waals surface area (Å²) in [4.78, 5) is 23.1. The van der Waals surface area contributed by atoms with Gasteiger partial charge in [-0.05, 0) is 47.5 Å². The number of aromatic amines is 1. The lowest BCUT2D eigenvalue weighted by molar-refractivity contribution is 0.0697. The summed E-state index contributed by atoms with van der Waals surface area (Å²) in [6.07, 6.45) is 3.60. The first-order valence-corrected chi connectivity index (χ1v) is 8.16. The van der Waals surface area contributed by atoms with Gasteiger partial charge in [0, 0.05) is 17.8 Å². The summed E-state index contributed by atoms with van der Waals surface area (Å²) in [5.74, 6) is -0.210. The van der Waals surface area contributed by atoms with Crippen molar-refractivity contribution in [1.82, 2.24) is 15.0 Å². The average Bonchev–Trinajstić information content (AvgIpc) is 3.15. The summed E-state index contributed by atoms with van der Waals surface area (Å²) in [5, 5.41) is 13.4. The van der Waals surface area contributed by atoms with Crippen molar-refractivity contribution in [1.29, 1.82) is 0 Å². The molecule has 0 aliphatic rings. The maximum Gasteiger partial charge on any atom is 0.335 e. The number of nitrogens with one attached hydrogen (secondary N) is 2. The fourth-order valence-corrected chi connectivity index (χ4v) is 2.84. The first-order chi connectivity index (χ1) is 12.7. The third-order valence-corrected chi connectivity index (χ3v) is 4.15. The molecular formula is C20H16N4O2. The van der Waals surface area contributed by atoms with Crippen LogP contribution in [0.15, 0.2) is 67.0 Å². The van der Waals surface area contributed by atoms with E-state index < -0.39 is 5.97 Å². The van der Waals surface area contributed by atoms with Gasteiger partial charge in [-0.2, -0.15) is 0 Å². The van der Waals surface area contributed by atoms with Crippen LogP contribution >= 0.6 is 0 Å². The van der Waals surface area contributed by atoms with E-state index in [-0.39, 0.29) is 5.56 Å². The number of hydrogen-bond donors (Lipinski definition) is 3. The number of hydrogen-bond acceptors (Lipinski definition) is 4. The Hall–Kier alpha value is -3.67. The van der Waals surface area contributed by atoms with Crippen molar-refractivity contribution in [3.05, 3.63) is 78.2 Å². The van der Waals surface area contributed by atoms with Crippen molar-refractivity contribution in [2.24, 2.45) is 0 Å². The number of aromatic nitrogens is 3. The zero-order valence-corrected chi connectivity index (χ0v) is 13.8. The van der Waals surface area contributed by atoms with E-state index in [0.29, 0.717) is 6.54 Å². The van der Waals surface area contributed by atoms with E-state index in [9.17, 15) is 4.79 Å². The summed E-state index contributed by atoms with van der Waals surface area (Å²) >= 11 is 0. The highest BCUT2D eigenvalue weighted by Crippen LogP contribution is 2.30. The van der Waals surface area contributed by atoms with Gasteiger partial charge in [0.1, 0.15) is 11.5 Å². The second-order valence-corrected chi connectivity index (χ2v) is 5.85. The summed E-state index contributed by atoms with van der Waals surface area (Å²) in [5.41, 5.74) is 3.88. The number of carboxylic acids is 1. The smallest absolute Gasteiger partial charge is 0.335 e. The van der Waals surface area contributed by atoms with Crippen molar-refractivity contribution in [3.63, 3.8) is 0 Å². The predicted molar refractivity (Wildman–Crippen MR) is 100 cm³/mol. The van der Waals surface area contributed by atoms with Crippen molar-refractivity contribution < 1.29 is 9.90 Å². The number of carboxylic acid groups (broad SMARTS) is 1. The van der Waals surface area contributed by atoms with Gasteiger partial charge in [0.15, 0.2) is 0 Å². The molecule has 6 nitrogen and oxygen atoms in total. The average molecular weight is 344 g/mol. The normalized spacial score (nSPS) is 10.8. The Morgan fingerprint density at radius 3 is 2.69 bits per heavy atom. The van der Waals surface area contributed by atoms with E-state index in [4.69, 9.17) is 5.11 Å². The minimum Gasteiger partial charge on any atom is -0.478 e. The molecule has 3 aromatic heterocycles. The fourth-order valence-electron chi connectivity index (χ4n) is 2.84. The van der Waals surface area contributed by atoms with Crippen LogP contribution in [0.5, 0.6) is 0 Å². The molecule has 4 aromatic rings. The SMILES string of the molecule is O=C(O)c1ccc(-c2cc(NCc3ccccn3)nc3[nH]ccc23)cc1. The number of carbonyl (C=O) groups is 1. The van der Waals surface area contributed by atoms with E-state index in [0.717, 1.165) is 33.7 Å². The topological polar surface area (TPSA) is 90.9 Å². The van der Waals surface area contributed by atoms with E-state index >= 15 is 0 Å². The molecule has 0 aliphatic carbocycles. The zero-order chi connectivity index (χ0) is 17.9. The fraction of sp³-hybridized carbons (Fsp3) is 0.0500. The molecular weight excluding hydrogens is 328 g/mol. The molecule has 4 rings (SSSR count). The van der Waals surface area contributed by atoms with Gasteiger partial charge in [-0.1, -0.05) is 18.2 Å². The molecule has 0 saturated heterocycles. The minimum absolute atomic E-state index is 0.265. The number of H-pyrrole nitrogens is 1. The Morgan fingerprint density at radius 2 is 1.96 bits per heavy atom. The molecule has 0 bridgehead atoms. The quantitative estimate of drug-likeness (QED) is 0.510. The lowest BCUT2D eigenvalue weighted by Crippen LogP contribution is -2.03. The molecule has 0 aliphatic heterocycles. The maximum atomic E-state index is 11.1. The van der Waals surface area contributed by atoms with Crippen LogP contribution in [-0.2, 0) is 6.54 Å². The maximum absolute atomic E-state index is 11.1. The molecule has 0 spiro atoms. The largest absolute Gasteiger partial charge is 0.478 e. The lowest BCUT2D eigenvalue weighted by Gasteiger charge is -2.10. The number of fused-ring (bicyclic) bond motifs is 1. The molecule has 26 heavy (non-hydrogen) atoms. The molecule has 0 amide bonds. The van der Waals surface area contributed by atoms with Gasteiger partial charge in [-0.3, -0.25) is 4.98 Å². The molecule has 128 valence electrons. The minimum atomic E-state index is -0.934. The van der Waals surface area contributed by atoms with Crippen LogP contribution in [0.2, 0.25) is 0 Å². The van der Waals surface area contributed by atoms with E-state index in [1.54, 1.807) is 18.3 Å². The van der Waals surface area contributed by atoms with E-state index in [1.807, 2.05) is 48.7 Å². The van der Waals surface area contributed by atoms with Gasteiger partial charge in [-0.15, -0.1) is 0 Å². The summed E-state index contributed by atoms with van der Waals surface area (Å²) < 4.78 is 0. The molecule has 0 fully saturated rings. The Labute approximate surface area is 149 Å². The van der Waals surface area contributed by atoms with Crippen LogP contribution in [0.1, 0.15) is 16.1 Å². The molecule has 0 radical (unpaired) electrons. The van der Waals surface area contributed by atoms with E-state index in [2.05, 4.69) is 20.3 Å². The van der Waals surface area contributed by atoms with Gasteiger partial charge in [0.25, 0.3) is 0 Å². The Kier molecular flexibility index (Phi) is 4.07. The second kappa shape index (κ2) is 6.68. The molecule has 6 heteroatoms. The van der Waals surface area contributed by atoms with Gasteiger partial charge in [0.2, 0.25) is 0 Å². The van der Waals surface area contributed by atoms with Crippen LogP contribution in [0.25, 0.3) is 22.2 Å². The number of nitrogens with zero attached hydrogens (tertiary/aromatic N) is 2. The highest BCUT2D eigenvalue weighted by atomic mass is 16.4. The molecule has 3 heterocycles. The summed E-state index contributed by atoms with van der Waals surface area (Å²) in [6, 6.07) is 16.6. The van der Waals surface area contributed by atoms with Crippen molar-refractivity contribution in [2.75, 3.05) is 5.32 Å². The van der Waals surface area contributed by atoms with Gasteiger partial charge in [-0.25, -0.2) is 9.78 Å². The highest BCUT2D eigenvalue weighted by molar-refractivity contribution is 5.95. The van der Waals surface area contributed by atoms with Crippen LogP contribution in [0.4, 0.5) is 5.82 Å². The van der Waals surface area contributed by atoms with Crippen LogP contribution in [0, 0.1) is 0 Å². The number of rotatable bonds is 5. The predicted octanol–water partition coefficient (Wildman–Crippen LogP) is 3.94. The number of pyridine rings is 2. The number of aromatic carboxylic acids is 1. The van der Waals surface area contributed by atoms with Crippen molar-refractivity contribution in [2.45, 2.75) is 6.54 Å². The zero-order valence-electron chi connectivity index (χ0n) is 13.8. The van der Waals surface area contributed by atoms with E-state index in [1.165, 1.54) is 0 Å². The molecule has 1 aromatic carbocycles.